The zero-order valence-electron chi connectivity index (χ0n) is 9.13. The molecule has 0 fully saturated rings. The van der Waals surface area contributed by atoms with E-state index in [9.17, 15) is 9.18 Å². The van der Waals surface area contributed by atoms with Gasteiger partial charge in [-0.3, -0.25) is 4.79 Å². The van der Waals surface area contributed by atoms with Crippen LogP contribution in [0.25, 0.3) is 0 Å². The molecule has 3 nitrogen and oxygen atoms in total. The molecule has 1 aromatic carbocycles. The van der Waals surface area contributed by atoms with E-state index in [4.69, 9.17) is 5.73 Å². The molecule has 0 aliphatic heterocycles. The lowest BCUT2D eigenvalue weighted by Crippen LogP contribution is -2.39. The first-order valence-corrected chi connectivity index (χ1v) is 5.72. The molecule has 0 saturated carbocycles. The zero-order chi connectivity index (χ0) is 12.3. The van der Waals surface area contributed by atoms with Crippen LogP contribution in [0, 0.1) is 11.7 Å². The summed E-state index contributed by atoms with van der Waals surface area (Å²) in [6.07, 6.45) is 0. The molecule has 5 heteroatoms. The van der Waals surface area contributed by atoms with Gasteiger partial charge in [0.1, 0.15) is 5.82 Å². The Balaban J connectivity index is 2.80. The Morgan fingerprint density at radius 3 is 2.69 bits per heavy atom. The van der Waals surface area contributed by atoms with Gasteiger partial charge >= 0.3 is 0 Å². The maximum absolute atomic E-state index is 13.0. The standard InChI is InChI=1S/C11H14BrFN2O/c1-6(2)10(14)11(16)15-9-5-7(13)3-4-8(9)12/h3-6,10H,14H2,1-2H3,(H,15,16)/t10-/m1/s1. The van der Waals surface area contributed by atoms with Crippen LogP contribution in [0.15, 0.2) is 22.7 Å². The van der Waals surface area contributed by atoms with Gasteiger partial charge in [0, 0.05) is 4.47 Å². The van der Waals surface area contributed by atoms with Crippen LogP contribution in [0.1, 0.15) is 13.8 Å². The maximum atomic E-state index is 13.0. The van der Waals surface area contributed by atoms with Crippen molar-refractivity contribution in [2.45, 2.75) is 19.9 Å². The summed E-state index contributed by atoms with van der Waals surface area (Å²) in [7, 11) is 0. The topological polar surface area (TPSA) is 55.1 Å². The second-order valence-electron chi connectivity index (χ2n) is 3.88. The van der Waals surface area contributed by atoms with E-state index in [1.807, 2.05) is 13.8 Å². The summed E-state index contributed by atoms with van der Waals surface area (Å²) in [6.45, 7) is 3.70. The van der Waals surface area contributed by atoms with Crippen molar-refractivity contribution in [3.05, 3.63) is 28.5 Å². The van der Waals surface area contributed by atoms with Crippen molar-refractivity contribution in [1.82, 2.24) is 0 Å². The molecular weight excluding hydrogens is 275 g/mol. The Labute approximate surface area is 102 Å². The molecular formula is C11H14BrFN2O. The van der Waals surface area contributed by atoms with Crippen molar-refractivity contribution in [2.24, 2.45) is 11.7 Å². The number of rotatable bonds is 3. The summed E-state index contributed by atoms with van der Waals surface area (Å²) in [5, 5.41) is 2.58. The highest BCUT2D eigenvalue weighted by Crippen LogP contribution is 2.23. The number of hydrogen-bond acceptors (Lipinski definition) is 2. The summed E-state index contributed by atoms with van der Waals surface area (Å²) < 4.78 is 13.6. The second-order valence-corrected chi connectivity index (χ2v) is 4.74. The quantitative estimate of drug-likeness (QED) is 0.898. The van der Waals surface area contributed by atoms with E-state index in [-0.39, 0.29) is 11.8 Å². The Bertz CT molecular complexity index is 396. The van der Waals surface area contributed by atoms with E-state index in [2.05, 4.69) is 21.2 Å². The van der Waals surface area contributed by atoms with Crippen LogP contribution in [-0.2, 0) is 4.79 Å². The van der Waals surface area contributed by atoms with Crippen LogP contribution in [0.5, 0.6) is 0 Å². The minimum Gasteiger partial charge on any atom is -0.324 e. The van der Waals surface area contributed by atoms with Gasteiger partial charge in [-0.2, -0.15) is 0 Å². The van der Waals surface area contributed by atoms with E-state index >= 15 is 0 Å². The molecule has 0 aromatic heterocycles. The molecule has 0 saturated heterocycles. The van der Waals surface area contributed by atoms with E-state index < -0.39 is 11.9 Å². The Morgan fingerprint density at radius 2 is 2.12 bits per heavy atom. The molecule has 0 unspecified atom stereocenters. The summed E-state index contributed by atoms with van der Waals surface area (Å²) >= 11 is 3.22. The first kappa shape index (κ1) is 13.1. The fourth-order valence-corrected chi connectivity index (χ4v) is 1.46. The number of nitrogens with one attached hydrogen (secondary N) is 1. The van der Waals surface area contributed by atoms with E-state index in [0.29, 0.717) is 10.2 Å². The Kier molecular flexibility index (Phi) is 4.44. The predicted molar refractivity (Wildman–Crippen MR) is 65.5 cm³/mol. The number of benzene rings is 1. The Morgan fingerprint density at radius 1 is 1.50 bits per heavy atom. The first-order chi connectivity index (χ1) is 7.41. The van der Waals surface area contributed by atoms with Gasteiger partial charge in [0.15, 0.2) is 0 Å². The molecule has 88 valence electrons. The third-order valence-corrected chi connectivity index (χ3v) is 2.90. The van der Waals surface area contributed by atoms with Crippen molar-refractivity contribution in [1.29, 1.82) is 0 Å². The van der Waals surface area contributed by atoms with Crippen molar-refractivity contribution in [3.8, 4) is 0 Å². The molecule has 16 heavy (non-hydrogen) atoms. The van der Waals surface area contributed by atoms with E-state index in [1.54, 1.807) is 0 Å². The van der Waals surface area contributed by atoms with Gasteiger partial charge in [0.05, 0.1) is 11.7 Å². The van der Waals surface area contributed by atoms with Crippen LogP contribution in [0.4, 0.5) is 10.1 Å². The van der Waals surface area contributed by atoms with Gasteiger partial charge < -0.3 is 11.1 Å². The molecule has 0 bridgehead atoms. The lowest BCUT2D eigenvalue weighted by molar-refractivity contribution is -0.118. The van der Waals surface area contributed by atoms with Gasteiger partial charge in [-0.25, -0.2) is 4.39 Å². The molecule has 1 amide bonds. The van der Waals surface area contributed by atoms with Crippen LogP contribution in [0.2, 0.25) is 0 Å². The van der Waals surface area contributed by atoms with Crippen LogP contribution >= 0.6 is 15.9 Å². The van der Waals surface area contributed by atoms with Crippen molar-refractivity contribution in [3.63, 3.8) is 0 Å². The molecule has 1 aromatic rings. The normalized spacial score (nSPS) is 12.6. The van der Waals surface area contributed by atoms with Gasteiger partial charge in [0.2, 0.25) is 5.91 Å². The summed E-state index contributed by atoms with van der Waals surface area (Å²) in [5.41, 5.74) is 6.06. The highest BCUT2D eigenvalue weighted by atomic mass is 79.9. The maximum Gasteiger partial charge on any atom is 0.241 e. The van der Waals surface area contributed by atoms with Crippen molar-refractivity contribution < 1.29 is 9.18 Å². The van der Waals surface area contributed by atoms with Gasteiger partial charge in [-0.1, -0.05) is 13.8 Å². The number of halogens is 2. The average Bonchev–Trinajstić information content (AvgIpc) is 2.22. The number of nitrogens with two attached hydrogens (primary N) is 1. The minimum absolute atomic E-state index is 0.0346. The molecule has 1 atom stereocenters. The molecule has 0 aliphatic carbocycles. The third kappa shape index (κ3) is 3.28. The number of carbonyl (C=O) groups is 1. The highest BCUT2D eigenvalue weighted by Gasteiger charge is 2.18. The lowest BCUT2D eigenvalue weighted by atomic mass is 10.1. The molecule has 0 heterocycles. The smallest absolute Gasteiger partial charge is 0.241 e. The molecule has 0 radical (unpaired) electrons. The highest BCUT2D eigenvalue weighted by molar-refractivity contribution is 9.10. The molecule has 0 spiro atoms. The number of amides is 1. The summed E-state index contributed by atoms with van der Waals surface area (Å²) in [5.74, 6) is -0.690. The summed E-state index contributed by atoms with van der Waals surface area (Å²) in [4.78, 5) is 11.6. The number of carbonyl (C=O) groups excluding carboxylic acids is 1. The predicted octanol–water partition coefficient (Wildman–Crippen LogP) is 2.51. The van der Waals surface area contributed by atoms with Crippen LogP contribution in [-0.4, -0.2) is 11.9 Å². The van der Waals surface area contributed by atoms with Gasteiger partial charge in [-0.05, 0) is 40.0 Å². The zero-order valence-corrected chi connectivity index (χ0v) is 10.7. The average molecular weight is 289 g/mol. The Hall–Kier alpha value is -0.940. The van der Waals surface area contributed by atoms with E-state index in [1.165, 1.54) is 18.2 Å². The number of hydrogen-bond donors (Lipinski definition) is 2. The third-order valence-electron chi connectivity index (χ3n) is 2.21. The number of anilines is 1. The SMILES string of the molecule is CC(C)[C@@H](N)C(=O)Nc1cc(F)ccc1Br. The monoisotopic (exact) mass is 288 g/mol. The van der Waals surface area contributed by atoms with Crippen LogP contribution in [0.3, 0.4) is 0 Å². The second kappa shape index (κ2) is 5.41. The van der Waals surface area contributed by atoms with Gasteiger partial charge in [0.25, 0.3) is 0 Å². The van der Waals surface area contributed by atoms with E-state index in [0.717, 1.165) is 0 Å². The first-order valence-electron chi connectivity index (χ1n) is 4.93. The molecule has 3 N–H and O–H groups in total. The van der Waals surface area contributed by atoms with Crippen molar-refractivity contribution >= 4 is 27.5 Å². The largest absolute Gasteiger partial charge is 0.324 e. The lowest BCUT2D eigenvalue weighted by Gasteiger charge is -2.16. The van der Waals surface area contributed by atoms with Crippen LogP contribution < -0.4 is 11.1 Å². The van der Waals surface area contributed by atoms with Crippen molar-refractivity contribution in [2.75, 3.05) is 5.32 Å². The van der Waals surface area contributed by atoms with Gasteiger partial charge in [-0.15, -0.1) is 0 Å². The fraction of sp³-hybridized carbons (Fsp3) is 0.364. The minimum atomic E-state index is -0.602. The fourth-order valence-electron chi connectivity index (χ4n) is 1.11. The molecule has 1 rings (SSSR count). The molecule has 0 aliphatic rings. The summed E-state index contributed by atoms with van der Waals surface area (Å²) in [6, 6.07) is 3.48.